The van der Waals surface area contributed by atoms with Crippen molar-refractivity contribution in [3.63, 3.8) is 0 Å². The van der Waals surface area contributed by atoms with Crippen molar-refractivity contribution in [1.29, 1.82) is 0 Å². The number of hydrogen-bond acceptors (Lipinski definition) is 6. The molecule has 1 saturated heterocycles. The summed E-state index contributed by atoms with van der Waals surface area (Å²) >= 11 is 0. The predicted molar refractivity (Wildman–Crippen MR) is 120 cm³/mol. The van der Waals surface area contributed by atoms with Crippen LogP contribution in [0.2, 0.25) is 0 Å². The van der Waals surface area contributed by atoms with Crippen LogP contribution >= 0.6 is 0 Å². The third-order valence-corrected chi connectivity index (χ3v) is 5.38. The second-order valence-corrected chi connectivity index (χ2v) is 7.97. The number of halogens is 3. The number of benzene rings is 1. The van der Waals surface area contributed by atoms with E-state index in [4.69, 9.17) is 5.11 Å². The maximum Gasteiger partial charge on any atom is 0.416 e. The molecule has 0 bridgehead atoms. The van der Waals surface area contributed by atoms with Gasteiger partial charge in [-0.3, -0.25) is 4.79 Å². The molecule has 0 saturated carbocycles. The van der Waals surface area contributed by atoms with Gasteiger partial charge in [0.1, 0.15) is 11.6 Å². The van der Waals surface area contributed by atoms with Crippen molar-refractivity contribution in [3.8, 4) is 17.0 Å². The molecule has 0 spiro atoms. The number of phenols is 1. The Hall–Kier alpha value is -2.88. The Morgan fingerprint density at radius 3 is 2.55 bits per heavy atom. The molecule has 10 heteroatoms. The molecule has 1 aliphatic heterocycles. The van der Waals surface area contributed by atoms with E-state index in [1.54, 1.807) is 19.9 Å². The van der Waals surface area contributed by atoms with Gasteiger partial charge in [-0.1, -0.05) is 20.8 Å². The molecule has 2 atom stereocenters. The van der Waals surface area contributed by atoms with Crippen LogP contribution in [0.1, 0.15) is 44.7 Å². The summed E-state index contributed by atoms with van der Waals surface area (Å²) in [5.41, 5.74) is 0.199. The number of nitrogens with one attached hydrogen (secondary N) is 1. The first kappa shape index (κ1) is 26.4. The van der Waals surface area contributed by atoms with Crippen molar-refractivity contribution in [2.24, 2.45) is 5.92 Å². The molecular formula is C23H31F3N4O3. The Bertz CT molecular complexity index is 953. The fourth-order valence-corrected chi connectivity index (χ4v) is 3.74. The molecule has 1 fully saturated rings. The van der Waals surface area contributed by atoms with E-state index in [-0.39, 0.29) is 11.6 Å². The lowest BCUT2D eigenvalue weighted by molar-refractivity contribution is -0.142. The number of aliphatic carboxylic acids is 1. The highest BCUT2D eigenvalue weighted by Crippen LogP contribution is 2.36. The predicted octanol–water partition coefficient (Wildman–Crippen LogP) is 4.80. The van der Waals surface area contributed by atoms with Gasteiger partial charge in [-0.05, 0) is 56.1 Å². The SMILES string of the molecule is CC.Cc1cc(NC2CCCN(C[C@H](C)C(=O)O)C2)nnc1-c1ccc(C(F)(F)F)cc1O. The summed E-state index contributed by atoms with van der Waals surface area (Å²) in [5.74, 6) is -1.26. The number of hydrogen-bond donors (Lipinski definition) is 3. The quantitative estimate of drug-likeness (QED) is 0.560. The van der Waals surface area contributed by atoms with Gasteiger partial charge in [-0.15, -0.1) is 10.2 Å². The monoisotopic (exact) mass is 468 g/mol. The molecule has 2 aromatic rings. The van der Waals surface area contributed by atoms with Gasteiger partial charge >= 0.3 is 12.1 Å². The van der Waals surface area contributed by atoms with E-state index in [1.165, 1.54) is 6.07 Å². The number of aromatic nitrogens is 2. The van der Waals surface area contributed by atoms with E-state index in [0.717, 1.165) is 25.5 Å². The van der Waals surface area contributed by atoms with Crippen LogP contribution in [0.5, 0.6) is 5.75 Å². The van der Waals surface area contributed by atoms with Gasteiger partial charge < -0.3 is 20.4 Å². The second kappa shape index (κ2) is 11.3. The number of carbonyl (C=O) groups is 1. The summed E-state index contributed by atoms with van der Waals surface area (Å²) < 4.78 is 38.4. The first-order valence-corrected chi connectivity index (χ1v) is 11.0. The van der Waals surface area contributed by atoms with Crippen molar-refractivity contribution < 1.29 is 28.2 Å². The summed E-state index contributed by atoms with van der Waals surface area (Å²) in [5, 5.41) is 30.7. The summed E-state index contributed by atoms with van der Waals surface area (Å²) in [4.78, 5) is 13.2. The summed E-state index contributed by atoms with van der Waals surface area (Å²) in [7, 11) is 0. The first-order valence-electron chi connectivity index (χ1n) is 11.0. The summed E-state index contributed by atoms with van der Waals surface area (Å²) in [6, 6.07) is 4.58. The van der Waals surface area contributed by atoms with Crippen molar-refractivity contribution >= 4 is 11.8 Å². The highest BCUT2D eigenvalue weighted by Gasteiger charge is 2.31. The maximum atomic E-state index is 12.8. The molecule has 7 nitrogen and oxygen atoms in total. The minimum absolute atomic E-state index is 0.0776. The Balaban J connectivity index is 0.00000187. The number of carboxylic acid groups (broad SMARTS) is 1. The molecule has 0 aliphatic carbocycles. The van der Waals surface area contributed by atoms with E-state index < -0.39 is 29.4 Å². The number of anilines is 1. The number of likely N-dealkylation sites (tertiary alicyclic amines) is 1. The van der Waals surface area contributed by atoms with Crippen molar-refractivity contribution in [2.45, 2.75) is 52.8 Å². The Morgan fingerprint density at radius 1 is 1.27 bits per heavy atom. The fourth-order valence-electron chi connectivity index (χ4n) is 3.74. The molecule has 1 aliphatic rings. The van der Waals surface area contributed by atoms with Gasteiger partial charge in [0, 0.05) is 24.7 Å². The summed E-state index contributed by atoms with van der Waals surface area (Å²) in [6.07, 6.45) is -2.71. The fraction of sp³-hybridized carbons (Fsp3) is 0.522. The van der Waals surface area contributed by atoms with E-state index in [9.17, 15) is 23.1 Å². The molecule has 33 heavy (non-hydrogen) atoms. The van der Waals surface area contributed by atoms with Gasteiger partial charge in [0.2, 0.25) is 0 Å². The minimum atomic E-state index is -4.54. The topological polar surface area (TPSA) is 98.6 Å². The van der Waals surface area contributed by atoms with Crippen LogP contribution in [0, 0.1) is 12.8 Å². The van der Waals surface area contributed by atoms with E-state index in [1.807, 2.05) is 13.8 Å². The smallest absolute Gasteiger partial charge is 0.416 e. The highest BCUT2D eigenvalue weighted by atomic mass is 19.4. The van der Waals surface area contributed by atoms with Crippen LogP contribution in [0.25, 0.3) is 11.3 Å². The van der Waals surface area contributed by atoms with E-state index in [2.05, 4.69) is 20.4 Å². The molecule has 182 valence electrons. The van der Waals surface area contributed by atoms with Gasteiger partial charge in [0.05, 0.1) is 17.2 Å². The molecule has 2 heterocycles. The lowest BCUT2D eigenvalue weighted by Crippen LogP contribution is -2.44. The van der Waals surface area contributed by atoms with Crippen LogP contribution in [0.3, 0.4) is 0 Å². The van der Waals surface area contributed by atoms with E-state index in [0.29, 0.717) is 36.2 Å². The van der Waals surface area contributed by atoms with Crippen molar-refractivity contribution in [1.82, 2.24) is 15.1 Å². The molecule has 1 aromatic heterocycles. The Kier molecular flexibility index (Phi) is 9.04. The Morgan fingerprint density at radius 2 is 1.97 bits per heavy atom. The van der Waals surface area contributed by atoms with Crippen LogP contribution < -0.4 is 5.32 Å². The van der Waals surface area contributed by atoms with Gasteiger partial charge in [-0.2, -0.15) is 13.2 Å². The zero-order valence-corrected chi connectivity index (χ0v) is 19.3. The van der Waals surface area contributed by atoms with Gasteiger partial charge in [0.15, 0.2) is 0 Å². The lowest BCUT2D eigenvalue weighted by Gasteiger charge is -2.34. The summed E-state index contributed by atoms with van der Waals surface area (Å²) in [6.45, 7) is 9.43. The number of phenolic OH excluding ortho intramolecular Hbond substituents is 1. The number of piperidine rings is 1. The Labute approximate surface area is 191 Å². The van der Waals surface area contributed by atoms with Crippen molar-refractivity contribution in [2.75, 3.05) is 25.0 Å². The molecule has 0 radical (unpaired) electrons. The first-order chi connectivity index (χ1) is 15.5. The largest absolute Gasteiger partial charge is 0.507 e. The molecule has 1 unspecified atom stereocenters. The number of aryl methyl sites for hydroxylation is 1. The molecule has 0 amide bonds. The number of alkyl halides is 3. The average molecular weight is 469 g/mol. The standard InChI is InChI=1S/C21H25F3N4O3.C2H6/c1-12-8-18(25-15-4-3-7-28(11-15)10-13(2)20(30)31)26-27-19(12)16-6-5-14(9-17(16)29)21(22,23)24;1-2/h5-6,8-9,13,15,29H,3-4,7,10-11H2,1-2H3,(H,25,26)(H,30,31);1-2H3/t13-,15?;/m0./s1. The lowest BCUT2D eigenvalue weighted by atomic mass is 10.0. The van der Waals surface area contributed by atoms with Crippen LogP contribution in [-0.2, 0) is 11.0 Å². The minimum Gasteiger partial charge on any atom is -0.507 e. The molecular weight excluding hydrogens is 437 g/mol. The van der Waals surface area contributed by atoms with Crippen molar-refractivity contribution in [3.05, 3.63) is 35.4 Å². The third kappa shape index (κ3) is 7.05. The highest BCUT2D eigenvalue weighted by molar-refractivity contribution is 5.71. The van der Waals surface area contributed by atoms with Crippen LogP contribution in [0.15, 0.2) is 24.3 Å². The van der Waals surface area contributed by atoms with E-state index >= 15 is 0 Å². The normalized spacial score (nSPS) is 17.6. The van der Waals surface area contributed by atoms with Crippen LogP contribution in [0.4, 0.5) is 19.0 Å². The molecule has 1 aromatic carbocycles. The zero-order chi connectivity index (χ0) is 24.8. The zero-order valence-electron chi connectivity index (χ0n) is 19.3. The number of nitrogens with zero attached hydrogens (tertiary/aromatic N) is 3. The average Bonchev–Trinajstić information content (AvgIpc) is 2.75. The maximum absolute atomic E-state index is 12.8. The van der Waals surface area contributed by atoms with Gasteiger partial charge in [0.25, 0.3) is 0 Å². The molecule has 3 rings (SSSR count). The number of carboxylic acids is 1. The number of aromatic hydroxyl groups is 1. The van der Waals surface area contributed by atoms with Crippen LogP contribution in [-0.4, -0.2) is 57.0 Å². The number of rotatable bonds is 6. The van der Waals surface area contributed by atoms with Gasteiger partial charge in [-0.25, -0.2) is 0 Å². The third-order valence-electron chi connectivity index (χ3n) is 5.38. The second-order valence-electron chi connectivity index (χ2n) is 7.97. The molecule has 3 N–H and O–H groups in total.